The van der Waals surface area contributed by atoms with E-state index in [2.05, 4.69) is 5.32 Å². The number of carbonyl (C=O) groups excluding carboxylic acids is 2. The van der Waals surface area contributed by atoms with Crippen LogP contribution < -0.4 is 5.32 Å². The molecule has 4 heteroatoms. The van der Waals surface area contributed by atoms with Gasteiger partial charge in [0, 0.05) is 12.2 Å². The highest BCUT2D eigenvalue weighted by Crippen LogP contribution is 2.16. The van der Waals surface area contributed by atoms with Gasteiger partial charge in [0.2, 0.25) is 5.78 Å². The van der Waals surface area contributed by atoms with Crippen LogP contribution in [-0.2, 0) is 4.79 Å². The van der Waals surface area contributed by atoms with Gasteiger partial charge in [0.15, 0.2) is 0 Å². The predicted octanol–water partition coefficient (Wildman–Crippen LogP) is 2.42. The smallest absolute Gasteiger partial charge is 0.292 e. The molecule has 0 bridgehead atoms. The lowest BCUT2D eigenvalue weighted by Gasteiger charge is -2.17. The highest BCUT2D eigenvalue weighted by molar-refractivity contribution is 6.42. The van der Waals surface area contributed by atoms with Gasteiger partial charge in [-0.15, -0.1) is 0 Å². The zero-order valence-electron chi connectivity index (χ0n) is 12.5. The highest BCUT2D eigenvalue weighted by Gasteiger charge is 2.20. The quantitative estimate of drug-likeness (QED) is 0.635. The molecule has 4 nitrogen and oxygen atoms in total. The molecular formula is C18H19NO3. The van der Waals surface area contributed by atoms with Gasteiger partial charge in [-0.05, 0) is 18.9 Å². The fraction of sp³-hybridized carbons (Fsp3) is 0.222. The standard InChI is InChI=1S/C18H19NO3/c1-13-7-9-15(10-8-13)17(21)18(22)19-16(11-12-20)14-5-3-2-4-6-14/h2-10,16,20H,11-12H2,1H3,(H,19,22). The molecule has 0 radical (unpaired) electrons. The van der Waals surface area contributed by atoms with Gasteiger partial charge < -0.3 is 10.4 Å². The van der Waals surface area contributed by atoms with E-state index in [1.807, 2.05) is 37.3 Å². The average Bonchev–Trinajstić information content (AvgIpc) is 2.55. The Balaban J connectivity index is 2.11. The number of Topliss-reactive ketones (excluding diaryl/α,β-unsaturated/α-hetero) is 1. The van der Waals surface area contributed by atoms with Crippen LogP contribution in [0.3, 0.4) is 0 Å². The molecule has 0 aliphatic carbocycles. The van der Waals surface area contributed by atoms with Crippen molar-refractivity contribution in [3.05, 3.63) is 71.3 Å². The zero-order chi connectivity index (χ0) is 15.9. The number of carbonyl (C=O) groups is 2. The average molecular weight is 297 g/mol. The summed E-state index contributed by atoms with van der Waals surface area (Å²) >= 11 is 0. The van der Waals surface area contributed by atoms with Crippen molar-refractivity contribution in [2.45, 2.75) is 19.4 Å². The molecule has 1 unspecified atom stereocenters. The molecule has 22 heavy (non-hydrogen) atoms. The lowest BCUT2D eigenvalue weighted by molar-refractivity contribution is -0.117. The molecule has 0 saturated heterocycles. The summed E-state index contributed by atoms with van der Waals surface area (Å²) in [6.45, 7) is 1.85. The van der Waals surface area contributed by atoms with Crippen molar-refractivity contribution in [2.75, 3.05) is 6.61 Å². The fourth-order valence-corrected chi connectivity index (χ4v) is 2.20. The van der Waals surface area contributed by atoms with Gasteiger partial charge >= 0.3 is 0 Å². The second-order valence-corrected chi connectivity index (χ2v) is 5.14. The molecule has 0 fully saturated rings. The van der Waals surface area contributed by atoms with Gasteiger partial charge in [-0.3, -0.25) is 9.59 Å². The predicted molar refractivity (Wildman–Crippen MR) is 84.5 cm³/mol. The summed E-state index contributed by atoms with van der Waals surface area (Å²) in [6, 6.07) is 15.8. The Kier molecular flexibility index (Phi) is 5.44. The number of hydrogen-bond acceptors (Lipinski definition) is 3. The van der Waals surface area contributed by atoms with Crippen molar-refractivity contribution >= 4 is 11.7 Å². The Morgan fingerprint density at radius 1 is 1.05 bits per heavy atom. The van der Waals surface area contributed by atoms with Crippen LogP contribution in [0.4, 0.5) is 0 Å². The molecule has 2 aromatic carbocycles. The molecule has 2 N–H and O–H groups in total. The van der Waals surface area contributed by atoms with Gasteiger partial charge in [-0.1, -0.05) is 60.2 Å². The summed E-state index contributed by atoms with van der Waals surface area (Å²) < 4.78 is 0. The van der Waals surface area contributed by atoms with Crippen LogP contribution in [0.2, 0.25) is 0 Å². The first kappa shape index (κ1) is 15.9. The van der Waals surface area contributed by atoms with Gasteiger partial charge in [-0.2, -0.15) is 0 Å². The monoisotopic (exact) mass is 297 g/mol. The van der Waals surface area contributed by atoms with Gasteiger partial charge in [0.05, 0.1) is 6.04 Å². The second-order valence-electron chi connectivity index (χ2n) is 5.14. The molecule has 1 amide bonds. The number of aliphatic hydroxyl groups excluding tert-OH is 1. The van der Waals surface area contributed by atoms with E-state index < -0.39 is 11.7 Å². The maximum absolute atomic E-state index is 12.2. The number of amides is 1. The normalized spacial score (nSPS) is 11.7. The summed E-state index contributed by atoms with van der Waals surface area (Å²) in [5.41, 5.74) is 2.25. The lowest BCUT2D eigenvalue weighted by Crippen LogP contribution is -2.34. The molecule has 0 aromatic heterocycles. The molecule has 0 heterocycles. The van der Waals surface area contributed by atoms with Crippen molar-refractivity contribution in [3.8, 4) is 0 Å². The van der Waals surface area contributed by atoms with Crippen LogP contribution in [0.15, 0.2) is 54.6 Å². The maximum Gasteiger partial charge on any atom is 0.292 e. The minimum atomic E-state index is -0.661. The first-order valence-electron chi connectivity index (χ1n) is 7.19. The Hall–Kier alpha value is -2.46. The van der Waals surface area contributed by atoms with Crippen LogP contribution in [-0.4, -0.2) is 23.4 Å². The molecule has 1 atom stereocenters. The fourth-order valence-electron chi connectivity index (χ4n) is 2.20. The van der Waals surface area contributed by atoms with E-state index in [-0.39, 0.29) is 12.6 Å². The summed E-state index contributed by atoms with van der Waals surface area (Å²) in [5.74, 6) is -1.23. The largest absolute Gasteiger partial charge is 0.396 e. The number of nitrogens with one attached hydrogen (secondary N) is 1. The Morgan fingerprint density at radius 2 is 1.68 bits per heavy atom. The van der Waals surface area contributed by atoms with Gasteiger partial charge in [0.25, 0.3) is 5.91 Å². The molecule has 0 aliphatic heterocycles. The third-order valence-electron chi connectivity index (χ3n) is 3.45. The number of ketones is 1. The van der Waals surface area contributed by atoms with Gasteiger partial charge in [0.1, 0.15) is 0 Å². The Morgan fingerprint density at radius 3 is 2.27 bits per heavy atom. The van der Waals surface area contributed by atoms with Crippen molar-refractivity contribution in [3.63, 3.8) is 0 Å². The number of rotatable bonds is 6. The minimum absolute atomic E-state index is 0.0709. The van der Waals surface area contributed by atoms with E-state index in [9.17, 15) is 9.59 Å². The second kappa shape index (κ2) is 7.52. The summed E-state index contributed by atoms with van der Waals surface area (Å²) in [4.78, 5) is 24.3. The van der Waals surface area contributed by atoms with E-state index in [1.165, 1.54) is 0 Å². The molecule has 0 saturated carbocycles. The molecule has 114 valence electrons. The molecule has 0 spiro atoms. The van der Waals surface area contributed by atoms with Crippen LogP contribution in [0, 0.1) is 6.92 Å². The summed E-state index contributed by atoms with van der Waals surface area (Å²) in [7, 11) is 0. The Bertz CT molecular complexity index is 635. The summed E-state index contributed by atoms with van der Waals surface area (Å²) in [5, 5.41) is 11.9. The van der Waals surface area contributed by atoms with E-state index in [0.717, 1.165) is 11.1 Å². The lowest BCUT2D eigenvalue weighted by atomic mass is 10.0. The Labute approximate surface area is 129 Å². The first-order valence-corrected chi connectivity index (χ1v) is 7.19. The first-order chi connectivity index (χ1) is 10.6. The van der Waals surface area contributed by atoms with Crippen LogP contribution in [0.25, 0.3) is 0 Å². The SMILES string of the molecule is Cc1ccc(C(=O)C(=O)NC(CCO)c2ccccc2)cc1. The maximum atomic E-state index is 12.2. The van der Waals surface area contributed by atoms with Gasteiger partial charge in [-0.25, -0.2) is 0 Å². The van der Waals surface area contributed by atoms with Crippen LogP contribution >= 0.6 is 0 Å². The van der Waals surface area contributed by atoms with E-state index >= 15 is 0 Å². The molecule has 0 aliphatic rings. The zero-order valence-corrected chi connectivity index (χ0v) is 12.5. The molecular weight excluding hydrogens is 278 g/mol. The van der Waals surface area contributed by atoms with E-state index in [0.29, 0.717) is 12.0 Å². The number of aryl methyl sites for hydroxylation is 1. The highest BCUT2D eigenvalue weighted by atomic mass is 16.3. The number of aliphatic hydroxyl groups is 1. The third-order valence-corrected chi connectivity index (χ3v) is 3.45. The van der Waals surface area contributed by atoms with Crippen molar-refractivity contribution < 1.29 is 14.7 Å². The number of benzene rings is 2. The third kappa shape index (κ3) is 4.02. The van der Waals surface area contributed by atoms with Crippen molar-refractivity contribution in [2.24, 2.45) is 0 Å². The van der Waals surface area contributed by atoms with E-state index in [1.54, 1.807) is 24.3 Å². The number of hydrogen-bond donors (Lipinski definition) is 2. The van der Waals surface area contributed by atoms with Crippen LogP contribution in [0.5, 0.6) is 0 Å². The molecule has 2 aromatic rings. The van der Waals surface area contributed by atoms with Crippen molar-refractivity contribution in [1.29, 1.82) is 0 Å². The summed E-state index contributed by atoms with van der Waals surface area (Å²) in [6.07, 6.45) is 0.358. The topological polar surface area (TPSA) is 66.4 Å². The van der Waals surface area contributed by atoms with E-state index in [4.69, 9.17) is 5.11 Å². The van der Waals surface area contributed by atoms with Crippen LogP contribution in [0.1, 0.15) is 33.9 Å². The molecule has 2 rings (SSSR count). The van der Waals surface area contributed by atoms with Crippen molar-refractivity contribution in [1.82, 2.24) is 5.32 Å². The minimum Gasteiger partial charge on any atom is -0.396 e.